The van der Waals surface area contributed by atoms with Crippen molar-refractivity contribution in [3.05, 3.63) is 0 Å². The highest BCUT2D eigenvalue weighted by atomic mass is 16.5. The standard InChI is InChI=1S/C13H26N2O/c1-2-14-11-13(5-9-16-10-6-13)12-15-7-3-4-8-15/h14H,2-12H2,1H3. The summed E-state index contributed by atoms with van der Waals surface area (Å²) in [6.07, 6.45) is 5.26. The maximum absolute atomic E-state index is 5.52. The second-order valence-corrected chi connectivity index (χ2v) is 5.38. The lowest BCUT2D eigenvalue weighted by Gasteiger charge is -2.40. The van der Waals surface area contributed by atoms with Gasteiger partial charge >= 0.3 is 0 Å². The number of rotatable bonds is 5. The molecule has 0 amide bonds. The van der Waals surface area contributed by atoms with Crippen LogP contribution in [0.25, 0.3) is 0 Å². The largest absolute Gasteiger partial charge is 0.381 e. The molecule has 2 fully saturated rings. The van der Waals surface area contributed by atoms with E-state index in [0.29, 0.717) is 5.41 Å². The Balaban J connectivity index is 1.89. The minimum absolute atomic E-state index is 0.485. The fourth-order valence-electron chi connectivity index (χ4n) is 3.00. The first-order valence-corrected chi connectivity index (χ1v) is 6.85. The number of hydrogen-bond donors (Lipinski definition) is 1. The quantitative estimate of drug-likeness (QED) is 0.768. The van der Waals surface area contributed by atoms with Crippen LogP contribution in [-0.2, 0) is 4.74 Å². The van der Waals surface area contributed by atoms with Gasteiger partial charge in [0.2, 0.25) is 0 Å². The van der Waals surface area contributed by atoms with Gasteiger partial charge in [0.25, 0.3) is 0 Å². The number of ether oxygens (including phenoxy) is 1. The van der Waals surface area contributed by atoms with Crippen LogP contribution in [0, 0.1) is 5.41 Å². The average molecular weight is 226 g/mol. The molecule has 0 spiro atoms. The molecule has 0 atom stereocenters. The predicted molar refractivity (Wildman–Crippen MR) is 66.7 cm³/mol. The fraction of sp³-hybridized carbons (Fsp3) is 1.00. The number of hydrogen-bond acceptors (Lipinski definition) is 3. The molecule has 3 nitrogen and oxygen atoms in total. The molecule has 2 aliphatic rings. The zero-order valence-electron chi connectivity index (χ0n) is 10.6. The molecule has 94 valence electrons. The van der Waals surface area contributed by atoms with E-state index < -0.39 is 0 Å². The highest BCUT2D eigenvalue weighted by molar-refractivity contribution is 4.88. The van der Waals surface area contributed by atoms with Gasteiger partial charge in [0.1, 0.15) is 0 Å². The maximum Gasteiger partial charge on any atom is 0.0472 e. The van der Waals surface area contributed by atoms with Crippen molar-refractivity contribution in [1.82, 2.24) is 10.2 Å². The maximum atomic E-state index is 5.52. The zero-order valence-corrected chi connectivity index (χ0v) is 10.6. The van der Waals surface area contributed by atoms with E-state index in [1.165, 1.54) is 51.9 Å². The van der Waals surface area contributed by atoms with Gasteiger partial charge in [0, 0.05) is 26.3 Å². The summed E-state index contributed by atoms with van der Waals surface area (Å²) in [6, 6.07) is 0. The molecule has 1 N–H and O–H groups in total. The van der Waals surface area contributed by atoms with Crippen LogP contribution in [0.5, 0.6) is 0 Å². The Kier molecular flexibility index (Phi) is 4.62. The van der Waals surface area contributed by atoms with Crippen molar-refractivity contribution in [3.8, 4) is 0 Å². The minimum Gasteiger partial charge on any atom is -0.381 e. The van der Waals surface area contributed by atoms with Gasteiger partial charge in [-0.3, -0.25) is 0 Å². The Morgan fingerprint density at radius 3 is 2.50 bits per heavy atom. The molecule has 2 heterocycles. The molecular weight excluding hydrogens is 200 g/mol. The van der Waals surface area contributed by atoms with Gasteiger partial charge < -0.3 is 15.0 Å². The SMILES string of the molecule is CCNCC1(CN2CCCC2)CCOCC1. The lowest BCUT2D eigenvalue weighted by atomic mass is 9.79. The summed E-state index contributed by atoms with van der Waals surface area (Å²) in [5, 5.41) is 3.55. The van der Waals surface area contributed by atoms with E-state index in [-0.39, 0.29) is 0 Å². The molecule has 0 aromatic rings. The topological polar surface area (TPSA) is 24.5 Å². The molecular formula is C13H26N2O. The van der Waals surface area contributed by atoms with Crippen molar-refractivity contribution in [2.45, 2.75) is 32.6 Å². The highest BCUT2D eigenvalue weighted by Gasteiger charge is 2.34. The number of nitrogens with one attached hydrogen (secondary N) is 1. The Labute approximate surface area is 99.5 Å². The van der Waals surface area contributed by atoms with Crippen LogP contribution in [0.15, 0.2) is 0 Å². The third-order valence-electron chi connectivity index (χ3n) is 4.06. The van der Waals surface area contributed by atoms with Gasteiger partial charge in [-0.15, -0.1) is 0 Å². The van der Waals surface area contributed by atoms with E-state index in [1.54, 1.807) is 0 Å². The Morgan fingerprint density at radius 1 is 1.19 bits per heavy atom. The van der Waals surface area contributed by atoms with Gasteiger partial charge in [-0.2, -0.15) is 0 Å². The van der Waals surface area contributed by atoms with Crippen molar-refractivity contribution in [3.63, 3.8) is 0 Å². The summed E-state index contributed by atoms with van der Waals surface area (Å²) in [6.45, 7) is 10.3. The molecule has 16 heavy (non-hydrogen) atoms. The van der Waals surface area contributed by atoms with Crippen molar-refractivity contribution < 1.29 is 4.74 Å². The Hall–Kier alpha value is -0.120. The third-order valence-corrected chi connectivity index (χ3v) is 4.06. The molecule has 0 aliphatic carbocycles. The van der Waals surface area contributed by atoms with Crippen LogP contribution in [-0.4, -0.2) is 50.8 Å². The second kappa shape index (κ2) is 5.99. The Morgan fingerprint density at radius 2 is 1.88 bits per heavy atom. The van der Waals surface area contributed by atoms with Crippen LogP contribution < -0.4 is 5.32 Å². The van der Waals surface area contributed by atoms with Gasteiger partial charge in [-0.25, -0.2) is 0 Å². The van der Waals surface area contributed by atoms with E-state index >= 15 is 0 Å². The number of nitrogens with zero attached hydrogens (tertiary/aromatic N) is 1. The lowest BCUT2D eigenvalue weighted by Crippen LogP contribution is -2.46. The van der Waals surface area contributed by atoms with Crippen LogP contribution in [0.3, 0.4) is 0 Å². The van der Waals surface area contributed by atoms with E-state index in [2.05, 4.69) is 17.1 Å². The zero-order chi connectivity index (χ0) is 11.3. The molecule has 2 rings (SSSR count). The molecule has 0 unspecified atom stereocenters. The number of likely N-dealkylation sites (tertiary alicyclic amines) is 1. The molecule has 0 bridgehead atoms. The molecule has 2 saturated heterocycles. The van der Waals surface area contributed by atoms with Gasteiger partial charge in [-0.05, 0) is 50.7 Å². The summed E-state index contributed by atoms with van der Waals surface area (Å²) in [7, 11) is 0. The van der Waals surface area contributed by atoms with Gasteiger partial charge in [-0.1, -0.05) is 6.92 Å². The van der Waals surface area contributed by atoms with Crippen molar-refractivity contribution in [1.29, 1.82) is 0 Å². The van der Waals surface area contributed by atoms with Gasteiger partial charge in [0.15, 0.2) is 0 Å². The van der Waals surface area contributed by atoms with Gasteiger partial charge in [0.05, 0.1) is 0 Å². The van der Waals surface area contributed by atoms with Crippen LogP contribution in [0.4, 0.5) is 0 Å². The fourth-order valence-corrected chi connectivity index (χ4v) is 3.00. The third kappa shape index (κ3) is 3.19. The summed E-state index contributed by atoms with van der Waals surface area (Å²) < 4.78 is 5.52. The minimum atomic E-state index is 0.485. The van der Waals surface area contributed by atoms with E-state index in [0.717, 1.165) is 19.8 Å². The highest BCUT2D eigenvalue weighted by Crippen LogP contribution is 2.31. The summed E-state index contributed by atoms with van der Waals surface area (Å²) in [5.41, 5.74) is 0.485. The van der Waals surface area contributed by atoms with Crippen LogP contribution in [0.2, 0.25) is 0 Å². The molecule has 0 aromatic heterocycles. The average Bonchev–Trinajstić information content (AvgIpc) is 2.80. The first-order chi connectivity index (χ1) is 7.85. The summed E-state index contributed by atoms with van der Waals surface area (Å²) in [4.78, 5) is 2.66. The first kappa shape index (κ1) is 12.3. The molecule has 0 radical (unpaired) electrons. The van der Waals surface area contributed by atoms with Crippen LogP contribution in [0.1, 0.15) is 32.6 Å². The van der Waals surface area contributed by atoms with E-state index in [9.17, 15) is 0 Å². The van der Waals surface area contributed by atoms with E-state index in [1.807, 2.05) is 0 Å². The molecule has 3 heteroatoms. The van der Waals surface area contributed by atoms with Crippen molar-refractivity contribution in [2.75, 3.05) is 45.9 Å². The molecule has 0 saturated carbocycles. The molecule has 2 aliphatic heterocycles. The predicted octanol–water partition coefficient (Wildman–Crippen LogP) is 1.49. The summed E-state index contributed by atoms with van der Waals surface area (Å²) >= 11 is 0. The monoisotopic (exact) mass is 226 g/mol. The normalized spacial score (nSPS) is 26.1. The van der Waals surface area contributed by atoms with Crippen molar-refractivity contribution in [2.24, 2.45) is 5.41 Å². The Bertz CT molecular complexity index is 196. The molecule has 0 aromatic carbocycles. The summed E-state index contributed by atoms with van der Waals surface area (Å²) in [5.74, 6) is 0. The first-order valence-electron chi connectivity index (χ1n) is 6.85. The van der Waals surface area contributed by atoms with Crippen LogP contribution >= 0.6 is 0 Å². The van der Waals surface area contributed by atoms with Crippen molar-refractivity contribution >= 4 is 0 Å². The lowest BCUT2D eigenvalue weighted by molar-refractivity contribution is -0.000695. The smallest absolute Gasteiger partial charge is 0.0472 e. The van der Waals surface area contributed by atoms with E-state index in [4.69, 9.17) is 4.74 Å². The second-order valence-electron chi connectivity index (χ2n) is 5.38.